The minimum atomic E-state index is -0.972. The lowest BCUT2D eigenvalue weighted by Gasteiger charge is -1.99. The van der Waals surface area contributed by atoms with Gasteiger partial charge in [0.2, 0.25) is 0 Å². The van der Waals surface area contributed by atoms with Gasteiger partial charge in [-0.25, -0.2) is 4.39 Å². The van der Waals surface area contributed by atoms with E-state index in [9.17, 15) is 4.39 Å². The fourth-order valence-corrected chi connectivity index (χ4v) is 2.16. The van der Waals surface area contributed by atoms with Crippen LogP contribution in [0.3, 0.4) is 0 Å². The van der Waals surface area contributed by atoms with E-state index in [0.717, 1.165) is 17.7 Å². The average molecular weight is 187 g/mol. The molecule has 0 aromatic carbocycles. The van der Waals surface area contributed by atoms with E-state index in [-0.39, 0.29) is 6.54 Å². The van der Waals surface area contributed by atoms with Crippen molar-refractivity contribution in [3.8, 4) is 0 Å². The molecule has 0 bridgehead atoms. The maximum atomic E-state index is 13.0. The summed E-state index contributed by atoms with van der Waals surface area (Å²) in [6.45, 7) is 2.21. The topological polar surface area (TPSA) is 26.0 Å². The van der Waals surface area contributed by atoms with E-state index in [4.69, 9.17) is 5.73 Å². The molecule has 0 radical (unpaired) electrons. The molecule has 0 aliphatic heterocycles. The van der Waals surface area contributed by atoms with Crippen LogP contribution in [0.1, 0.15) is 29.3 Å². The minimum Gasteiger partial charge on any atom is -0.327 e. The highest BCUT2D eigenvalue weighted by atomic mass is 32.1. The zero-order chi connectivity index (χ0) is 8.97. The number of hydrogen-bond acceptors (Lipinski definition) is 2. The summed E-state index contributed by atoms with van der Waals surface area (Å²) in [7, 11) is 0. The summed E-state index contributed by atoms with van der Waals surface area (Å²) in [5.74, 6) is 0. The van der Waals surface area contributed by atoms with Crippen molar-refractivity contribution in [3.05, 3.63) is 21.9 Å². The van der Waals surface area contributed by atoms with Crippen LogP contribution < -0.4 is 5.73 Å². The van der Waals surface area contributed by atoms with Crippen molar-refractivity contribution in [2.75, 3.05) is 6.54 Å². The third-order valence-corrected chi connectivity index (χ3v) is 2.92. The van der Waals surface area contributed by atoms with Crippen LogP contribution in [0.2, 0.25) is 0 Å². The quantitative estimate of drug-likeness (QED) is 0.770. The van der Waals surface area contributed by atoms with Gasteiger partial charge in [0.05, 0.1) is 0 Å². The Labute approximate surface area is 76.4 Å². The fourth-order valence-electron chi connectivity index (χ4n) is 1.06. The maximum Gasteiger partial charge on any atom is 0.146 e. The van der Waals surface area contributed by atoms with Crippen LogP contribution in [0.5, 0.6) is 0 Å². The predicted molar refractivity (Wildman–Crippen MR) is 51.2 cm³/mol. The molecule has 0 saturated carbocycles. The van der Waals surface area contributed by atoms with E-state index in [1.54, 1.807) is 0 Å². The Kier molecular flexibility index (Phi) is 3.69. The zero-order valence-corrected chi connectivity index (χ0v) is 8.03. The van der Waals surface area contributed by atoms with Crippen molar-refractivity contribution in [2.45, 2.75) is 25.9 Å². The number of thiophene rings is 1. The summed E-state index contributed by atoms with van der Waals surface area (Å²) >= 11 is 1.54. The van der Waals surface area contributed by atoms with Gasteiger partial charge in [-0.05, 0) is 18.6 Å². The number of aryl methyl sites for hydroxylation is 1. The average Bonchev–Trinajstić information content (AvgIpc) is 2.52. The van der Waals surface area contributed by atoms with Crippen molar-refractivity contribution in [2.24, 2.45) is 5.73 Å². The summed E-state index contributed by atoms with van der Waals surface area (Å²) in [6, 6.07) is 3.83. The largest absolute Gasteiger partial charge is 0.327 e. The van der Waals surface area contributed by atoms with Crippen LogP contribution in [-0.4, -0.2) is 6.54 Å². The maximum absolute atomic E-state index is 13.0. The van der Waals surface area contributed by atoms with E-state index in [2.05, 4.69) is 6.92 Å². The monoisotopic (exact) mass is 187 g/mol. The van der Waals surface area contributed by atoms with Crippen LogP contribution >= 0.6 is 11.3 Å². The first-order valence-corrected chi connectivity index (χ1v) is 5.02. The van der Waals surface area contributed by atoms with Gasteiger partial charge in [0.1, 0.15) is 6.17 Å². The Morgan fingerprint density at radius 3 is 2.92 bits per heavy atom. The first-order chi connectivity index (χ1) is 5.77. The molecule has 3 heteroatoms. The lowest BCUT2D eigenvalue weighted by molar-refractivity contribution is 0.358. The van der Waals surface area contributed by atoms with Gasteiger partial charge in [-0.15, -0.1) is 11.3 Å². The zero-order valence-electron chi connectivity index (χ0n) is 7.22. The van der Waals surface area contributed by atoms with Crippen LogP contribution in [0.15, 0.2) is 12.1 Å². The Balaban J connectivity index is 2.63. The van der Waals surface area contributed by atoms with Gasteiger partial charge >= 0.3 is 0 Å². The lowest BCUT2D eigenvalue weighted by atomic mass is 10.3. The van der Waals surface area contributed by atoms with E-state index >= 15 is 0 Å². The smallest absolute Gasteiger partial charge is 0.146 e. The summed E-state index contributed by atoms with van der Waals surface area (Å²) in [6.07, 6.45) is 1.18. The van der Waals surface area contributed by atoms with Gasteiger partial charge in [-0.3, -0.25) is 0 Å². The molecule has 0 saturated heterocycles. The van der Waals surface area contributed by atoms with Crippen molar-refractivity contribution < 1.29 is 4.39 Å². The third-order valence-electron chi connectivity index (χ3n) is 1.69. The van der Waals surface area contributed by atoms with E-state index in [0.29, 0.717) is 0 Å². The molecule has 0 fully saturated rings. The summed E-state index contributed by atoms with van der Waals surface area (Å²) in [4.78, 5) is 2.02. The van der Waals surface area contributed by atoms with Crippen LogP contribution in [0.25, 0.3) is 0 Å². The molecule has 0 aliphatic rings. The molecule has 1 aromatic heterocycles. The van der Waals surface area contributed by atoms with E-state index in [1.807, 2.05) is 12.1 Å². The Morgan fingerprint density at radius 1 is 1.58 bits per heavy atom. The molecule has 12 heavy (non-hydrogen) atoms. The van der Waals surface area contributed by atoms with Gasteiger partial charge in [0.25, 0.3) is 0 Å². The van der Waals surface area contributed by atoms with Gasteiger partial charge in [-0.1, -0.05) is 13.3 Å². The molecule has 2 N–H and O–H groups in total. The third kappa shape index (κ3) is 2.29. The fraction of sp³-hybridized carbons (Fsp3) is 0.556. The molecule has 0 aliphatic carbocycles. The molecule has 1 heterocycles. The highest BCUT2D eigenvalue weighted by Crippen LogP contribution is 2.25. The summed E-state index contributed by atoms with van der Waals surface area (Å²) in [5, 5.41) is 0. The lowest BCUT2D eigenvalue weighted by Crippen LogP contribution is -2.05. The first-order valence-electron chi connectivity index (χ1n) is 4.20. The summed E-state index contributed by atoms with van der Waals surface area (Å²) in [5.41, 5.74) is 5.22. The van der Waals surface area contributed by atoms with Crippen molar-refractivity contribution in [3.63, 3.8) is 0 Å². The van der Waals surface area contributed by atoms with Gasteiger partial charge in [0.15, 0.2) is 0 Å². The van der Waals surface area contributed by atoms with Crippen LogP contribution in [0.4, 0.5) is 4.39 Å². The Morgan fingerprint density at radius 2 is 2.33 bits per heavy atom. The van der Waals surface area contributed by atoms with E-state index in [1.165, 1.54) is 16.2 Å². The number of hydrogen-bond donors (Lipinski definition) is 1. The number of halogens is 1. The predicted octanol–water partition coefficient (Wildman–Crippen LogP) is 2.67. The van der Waals surface area contributed by atoms with E-state index < -0.39 is 6.17 Å². The normalized spacial score (nSPS) is 13.2. The second-order valence-electron chi connectivity index (χ2n) is 2.76. The SMILES string of the molecule is CCCc1ccc(C(F)CN)s1. The Hall–Kier alpha value is -0.410. The molecular weight excluding hydrogens is 173 g/mol. The molecule has 0 amide bonds. The molecule has 1 aromatic rings. The van der Waals surface area contributed by atoms with Crippen LogP contribution in [-0.2, 0) is 6.42 Å². The van der Waals surface area contributed by atoms with Crippen LogP contribution in [0, 0.1) is 0 Å². The number of nitrogens with two attached hydrogens (primary N) is 1. The molecule has 68 valence electrons. The second-order valence-corrected chi connectivity index (χ2v) is 3.96. The number of rotatable bonds is 4. The van der Waals surface area contributed by atoms with Crippen molar-refractivity contribution >= 4 is 11.3 Å². The molecule has 1 nitrogen and oxygen atoms in total. The summed E-state index contributed by atoms with van der Waals surface area (Å²) < 4.78 is 13.0. The minimum absolute atomic E-state index is 0.0894. The molecule has 0 spiro atoms. The molecular formula is C9H14FNS. The van der Waals surface area contributed by atoms with Gasteiger partial charge in [0, 0.05) is 16.3 Å². The van der Waals surface area contributed by atoms with Crippen molar-refractivity contribution in [1.82, 2.24) is 0 Å². The second kappa shape index (κ2) is 4.58. The highest BCUT2D eigenvalue weighted by Gasteiger charge is 2.09. The van der Waals surface area contributed by atoms with Crippen molar-refractivity contribution in [1.29, 1.82) is 0 Å². The Bertz CT molecular complexity index is 234. The molecule has 1 rings (SSSR count). The number of alkyl halides is 1. The molecule has 1 atom stereocenters. The standard InChI is InChI=1S/C9H14FNS/c1-2-3-7-4-5-9(12-7)8(10)6-11/h4-5,8H,2-3,6,11H2,1H3. The van der Waals surface area contributed by atoms with Gasteiger partial charge in [-0.2, -0.15) is 0 Å². The first kappa shape index (κ1) is 9.68. The molecule has 1 unspecified atom stereocenters. The highest BCUT2D eigenvalue weighted by molar-refractivity contribution is 7.12. The van der Waals surface area contributed by atoms with Gasteiger partial charge < -0.3 is 5.73 Å².